The lowest BCUT2D eigenvalue weighted by Gasteiger charge is -2.21. The van der Waals surface area contributed by atoms with Gasteiger partial charge in [0.1, 0.15) is 5.82 Å². The third-order valence-electron chi connectivity index (χ3n) is 6.20. The van der Waals surface area contributed by atoms with E-state index in [-0.39, 0.29) is 5.82 Å². The molecule has 0 aliphatic carbocycles. The fourth-order valence-corrected chi connectivity index (χ4v) is 4.49. The first kappa shape index (κ1) is 22.6. The molecule has 1 aromatic heterocycles. The van der Waals surface area contributed by atoms with Crippen molar-refractivity contribution in [2.45, 2.75) is 19.9 Å². The predicted octanol–water partition coefficient (Wildman–Crippen LogP) is 4.39. The van der Waals surface area contributed by atoms with Gasteiger partial charge in [0.2, 0.25) is 0 Å². The summed E-state index contributed by atoms with van der Waals surface area (Å²) < 4.78 is 20.7. The zero-order chi connectivity index (χ0) is 22.5. The second kappa shape index (κ2) is 10.4. The van der Waals surface area contributed by atoms with Gasteiger partial charge < -0.3 is 14.5 Å². The Morgan fingerprint density at radius 1 is 1.12 bits per heavy atom. The molecule has 0 saturated carbocycles. The smallest absolute Gasteiger partial charge is 0.123 e. The first-order chi connectivity index (χ1) is 15.5. The van der Waals surface area contributed by atoms with Crippen molar-refractivity contribution in [1.29, 1.82) is 0 Å². The van der Waals surface area contributed by atoms with Crippen LogP contribution in [-0.2, 0) is 11.3 Å². The van der Waals surface area contributed by atoms with Gasteiger partial charge in [-0.2, -0.15) is 5.10 Å². The van der Waals surface area contributed by atoms with Gasteiger partial charge in [0.15, 0.2) is 0 Å². The molecule has 0 amide bonds. The molecular weight excluding hydrogens is 403 g/mol. The fraction of sp³-hybridized carbons (Fsp3) is 0.423. The Morgan fingerprint density at radius 2 is 1.88 bits per heavy atom. The summed E-state index contributed by atoms with van der Waals surface area (Å²) in [5.74, 6) is 0.433. The normalized spacial score (nSPS) is 16.8. The van der Waals surface area contributed by atoms with Crippen molar-refractivity contribution >= 4 is 0 Å². The molecule has 0 N–H and O–H groups in total. The molecule has 4 rings (SSSR count). The average molecular weight is 437 g/mol. The summed E-state index contributed by atoms with van der Waals surface area (Å²) in [6.07, 6.45) is 3.33. The highest BCUT2D eigenvalue weighted by atomic mass is 19.1. The SMILES string of the molecule is COCCN1CCC(CN(C)Cc2cn(-c3ccc(C)cc3)nc2-c2ccc(F)cc2)C1. The van der Waals surface area contributed by atoms with Gasteiger partial charge in [0.05, 0.1) is 18.0 Å². The second-order valence-corrected chi connectivity index (χ2v) is 8.93. The minimum absolute atomic E-state index is 0.232. The Morgan fingerprint density at radius 3 is 2.59 bits per heavy atom. The number of ether oxygens (including phenoxy) is 1. The number of halogens is 1. The van der Waals surface area contributed by atoms with Crippen molar-refractivity contribution in [3.05, 3.63) is 71.7 Å². The van der Waals surface area contributed by atoms with E-state index in [1.165, 1.54) is 24.1 Å². The third-order valence-corrected chi connectivity index (χ3v) is 6.20. The molecule has 0 bridgehead atoms. The standard InChI is InChI=1S/C26H33FN4O/c1-20-4-10-25(11-5-20)31-19-23(26(28-31)22-6-8-24(27)9-7-22)18-29(2)16-21-12-13-30(17-21)14-15-32-3/h4-11,19,21H,12-18H2,1-3H3. The van der Waals surface area contributed by atoms with E-state index in [1.54, 1.807) is 7.11 Å². The molecular formula is C26H33FN4O. The Kier molecular flexibility index (Phi) is 7.35. The van der Waals surface area contributed by atoms with Crippen LogP contribution in [0.25, 0.3) is 16.9 Å². The minimum Gasteiger partial charge on any atom is -0.383 e. The van der Waals surface area contributed by atoms with Crippen molar-refractivity contribution in [2.24, 2.45) is 5.92 Å². The monoisotopic (exact) mass is 436 g/mol. The third kappa shape index (κ3) is 5.63. The predicted molar refractivity (Wildman–Crippen MR) is 126 cm³/mol. The van der Waals surface area contributed by atoms with Crippen molar-refractivity contribution in [3.63, 3.8) is 0 Å². The van der Waals surface area contributed by atoms with Crippen LogP contribution in [0.1, 0.15) is 17.5 Å². The number of benzene rings is 2. The van der Waals surface area contributed by atoms with Gasteiger partial charge in [-0.25, -0.2) is 9.07 Å². The highest BCUT2D eigenvalue weighted by Crippen LogP contribution is 2.26. The van der Waals surface area contributed by atoms with Crippen molar-refractivity contribution in [1.82, 2.24) is 19.6 Å². The van der Waals surface area contributed by atoms with Crippen LogP contribution in [0.2, 0.25) is 0 Å². The zero-order valence-electron chi connectivity index (χ0n) is 19.3. The lowest BCUT2D eigenvalue weighted by atomic mass is 10.1. The highest BCUT2D eigenvalue weighted by molar-refractivity contribution is 5.63. The number of nitrogens with zero attached hydrogens (tertiary/aromatic N) is 4. The van der Waals surface area contributed by atoms with Gasteiger partial charge >= 0.3 is 0 Å². The molecule has 2 aromatic carbocycles. The number of hydrogen-bond acceptors (Lipinski definition) is 4. The maximum atomic E-state index is 13.5. The Balaban J connectivity index is 1.51. The van der Waals surface area contributed by atoms with Crippen LogP contribution in [-0.4, -0.2) is 66.5 Å². The number of hydrogen-bond donors (Lipinski definition) is 0. The van der Waals surface area contributed by atoms with Gasteiger partial charge in [-0.05, 0) is 69.3 Å². The lowest BCUT2D eigenvalue weighted by molar-refractivity contribution is 0.157. The number of aryl methyl sites for hydroxylation is 1. The average Bonchev–Trinajstić information content (AvgIpc) is 3.40. The topological polar surface area (TPSA) is 33.5 Å². The van der Waals surface area contributed by atoms with E-state index in [0.717, 1.165) is 61.8 Å². The number of aromatic nitrogens is 2. The van der Waals surface area contributed by atoms with E-state index >= 15 is 0 Å². The fourth-order valence-electron chi connectivity index (χ4n) is 4.49. The Bertz CT molecular complexity index is 1000. The molecule has 2 heterocycles. The van der Waals surface area contributed by atoms with E-state index in [2.05, 4.69) is 54.2 Å². The van der Waals surface area contributed by atoms with Crippen LogP contribution in [0.15, 0.2) is 54.7 Å². The van der Waals surface area contributed by atoms with Crippen molar-refractivity contribution < 1.29 is 9.13 Å². The first-order valence-electron chi connectivity index (χ1n) is 11.3. The molecule has 170 valence electrons. The second-order valence-electron chi connectivity index (χ2n) is 8.93. The molecule has 32 heavy (non-hydrogen) atoms. The molecule has 5 nitrogen and oxygen atoms in total. The van der Waals surface area contributed by atoms with E-state index in [9.17, 15) is 4.39 Å². The van der Waals surface area contributed by atoms with Crippen LogP contribution >= 0.6 is 0 Å². The maximum absolute atomic E-state index is 13.5. The first-order valence-corrected chi connectivity index (χ1v) is 11.3. The summed E-state index contributed by atoms with van der Waals surface area (Å²) in [5, 5.41) is 4.89. The van der Waals surface area contributed by atoms with Crippen LogP contribution in [0.4, 0.5) is 4.39 Å². The van der Waals surface area contributed by atoms with Gasteiger partial charge in [-0.15, -0.1) is 0 Å². The summed E-state index contributed by atoms with van der Waals surface area (Å²) in [6.45, 7) is 8.00. The van der Waals surface area contributed by atoms with E-state index in [0.29, 0.717) is 5.92 Å². The Hall–Kier alpha value is -2.54. The van der Waals surface area contributed by atoms with Gasteiger partial charge in [-0.1, -0.05) is 17.7 Å². The molecule has 6 heteroatoms. The lowest BCUT2D eigenvalue weighted by Crippen LogP contribution is -2.29. The molecule has 1 unspecified atom stereocenters. The van der Waals surface area contributed by atoms with Crippen LogP contribution in [0.3, 0.4) is 0 Å². The molecule has 3 aromatic rings. The number of likely N-dealkylation sites (tertiary alicyclic amines) is 1. The van der Waals surface area contributed by atoms with Crippen molar-refractivity contribution in [3.8, 4) is 16.9 Å². The molecule has 0 radical (unpaired) electrons. The molecule has 1 saturated heterocycles. The quantitative estimate of drug-likeness (QED) is 0.498. The molecule has 0 spiro atoms. The van der Waals surface area contributed by atoms with Crippen LogP contribution in [0.5, 0.6) is 0 Å². The van der Waals surface area contributed by atoms with Crippen LogP contribution in [0, 0.1) is 18.7 Å². The maximum Gasteiger partial charge on any atom is 0.123 e. The molecule has 1 atom stereocenters. The zero-order valence-corrected chi connectivity index (χ0v) is 19.3. The van der Waals surface area contributed by atoms with E-state index < -0.39 is 0 Å². The van der Waals surface area contributed by atoms with Gasteiger partial charge in [0.25, 0.3) is 0 Å². The van der Waals surface area contributed by atoms with Crippen molar-refractivity contribution in [2.75, 3.05) is 46.9 Å². The Labute approximate surface area is 190 Å². The van der Waals surface area contributed by atoms with Crippen LogP contribution < -0.4 is 0 Å². The van der Waals surface area contributed by atoms with Gasteiger partial charge in [-0.3, -0.25) is 0 Å². The molecule has 1 aliphatic rings. The summed E-state index contributed by atoms with van der Waals surface area (Å²) in [4.78, 5) is 4.87. The minimum atomic E-state index is -0.232. The largest absolute Gasteiger partial charge is 0.383 e. The summed E-state index contributed by atoms with van der Waals surface area (Å²) in [7, 11) is 3.94. The number of rotatable bonds is 9. The van der Waals surface area contributed by atoms with E-state index in [1.807, 2.05) is 16.8 Å². The number of methoxy groups -OCH3 is 1. The summed E-state index contributed by atoms with van der Waals surface area (Å²) in [5.41, 5.74) is 5.24. The summed E-state index contributed by atoms with van der Waals surface area (Å²) in [6, 6.07) is 15.0. The van der Waals surface area contributed by atoms with E-state index in [4.69, 9.17) is 9.84 Å². The van der Waals surface area contributed by atoms with Gasteiger partial charge in [0, 0.05) is 50.6 Å². The summed E-state index contributed by atoms with van der Waals surface area (Å²) >= 11 is 0. The molecule has 1 fully saturated rings. The molecule has 1 aliphatic heterocycles. The highest BCUT2D eigenvalue weighted by Gasteiger charge is 2.24.